The van der Waals surface area contributed by atoms with Crippen molar-refractivity contribution in [3.05, 3.63) is 47.8 Å². The van der Waals surface area contributed by atoms with E-state index in [-0.39, 0.29) is 12.0 Å². The highest BCUT2D eigenvalue weighted by Crippen LogP contribution is 2.24. The smallest absolute Gasteiger partial charge is 0.257 e. The van der Waals surface area contributed by atoms with Crippen LogP contribution in [0.25, 0.3) is 0 Å². The van der Waals surface area contributed by atoms with Gasteiger partial charge in [-0.25, -0.2) is 9.97 Å². The molecule has 132 valence electrons. The first-order valence-electron chi connectivity index (χ1n) is 8.31. The number of nitrogens with one attached hydrogen (secondary N) is 1. The van der Waals surface area contributed by atoms with Gasteiger partial charge in [-0.2, -0.15) is 11.8 Å². The number of ether oxygens (including phenoxy) is 2. The number of thioether (sulfide) groups is 1. The fourth-order valence-corrected chi connectivity index (χ4v) is 3.58. The van der Waals surface area contributed by atoms with Crippen molar-refractivity contribution in [1.82, 2.24) is 15.3 Å². The van der Waals surface area contributed by atoms with Crippen molar-refractivity contribution < 1.29 is 14.3 Å². The second kappa shape index (κ2) is 8.71. The van der Waals surface area contributed by atoms with Gasteiger partial charge in [-0.1, -0.05) is 0 Å². The van der Waals surface area contributed by atoms with E-state index in [9.17, 15) is 4.79 Å². The van der Waals surface area contributed by atoms with Gasteiger partial charge < -0.3 is 14.8 Å². The minimum Gasteiger partial charge on any atom is -0.478 e. The molecule has 2 aromatic heterocycles. The third-order valence-electron chi connectivity index (χ3n) is 3.73. The third-order valence-corrected chi connectivity index (χ3v) is 4.86. The van der Waals surface area contributed by atoms with Crippen molar-refractivity contribution in [2.24, 2.45) is 0 Å². The molecule has 0 bridgehead atoms. The van der Waals surface area contributed by atoms with E-state index in [4.69, 9.17) is 9.47 Å². The molecule has 7 heteroatoms. The fourth-order valence-electron chi connectivity index (χ4n) is 2.49. The Bertz CT molecular complexity index is 720. The zero-order valence-corrected chi connectivity index (χ0v) is 14.9. The molecule has 1 fully saturated rings. The molecule has 0 radical (unpaired) electrons. The molecule has 0 aliphatic carbocycles. The molecule has 3 heterocycles. The summed E-state index contributed by atoms with van der Waals surface area (Å²) in [5.74, 6) is 2.78. The van der Waals surface area contributed by atoms with Gasteiger partial charge in [0, 0.05) is 30.8 Å². The first kappa shape index (κ1) is 17.5. The maximum atomic E-state index is 12.5. The first-order valence-corrected chi connectivity index (χ1v) is 9.47. The standard InChI is InChI=1S/C18H21N3O3S/c1-2-23-16-10-13(5-8-19-16)11-21-17(22)15-4-3-7-20-18(15)24-14-6-9-25-12-14/h3-5,7-8,10,14H,2,6,9,11-12H2,1H3,(H,21,22). The predicted molar refractivity (Wildman–Crippen MR) is 97.2 cm³/mol. The van der Waals surface area contributed by atoms with Crippen LogP contribution >= 0.6 is 11.8 Å². The maximum absolute atomic E-state index is 12.5. The Hall–Kier alpha value is -2.28. The zero-order valence-electron chi connectivity index (χ0n) is 14.1. The Morgan fingerprint density at radius 1 is 1.36 bits per heavy atom. The zero-order chi connectivity index (χ0) is 17.5. The van der Waals surface area contributed by atoms with E-state index < -0.39 is 0 Å². The Labute approximate surface area is 151 Å². The molecule has 0 spiro atoms. The summed E-state index contributed by atoms with van der Waals surface area (Å²) >= 11 is 1.86. The maximum Gasteiger partial charge on any atom is 0.257 e. The molecule has 0 aromatic carbocycles. The van der Waals surface area contributed by atoms with E-state index in [0.29, 0.717) is 30.5 Å². The lowest BCUT2D eigenvalue weighted by atomic mass is 10.2. The molecule has 1 aliphatic rings. The lowest BCUT2D eigenvalue weighted by Crippen LogP contribution is -2.25. The quantitative estimate of drug-likeness (QED) is 0.819. The molecule has 2 aromatic rings. The van der Waals surface area contributed by atoms with Gasteiger partial charge in [-0.3, -0.25) is 4.79 Å². The summed E-state index contributed by atoms with van der Waals surface area (Å²) in [5, 5.41) is 2.90. The second-order valence-corrected chi connectivity index (χ2v) is 6.73. The van der Waals surface area contributed by atoms with Crippen LogP contribution in [-0.2, 0) is 6.54 Å². The van der Waals surface area contributed by atoms with Gasteiger partial charge in [0.15, 0.2) is 0 Å². The monoisotopic (exact) mass is 359 g/mol. The Morgan fingerprint density at radius 3 is 3.08 bits per heavy atom. The Morgan fingerprint density at radius 2 is 2.28 bits per heavy atom. The van der Waals surface area contributed by atoms with Crippen molar-refractivity contribution in [3.63, 3.8) is 0 Å². The molecular formula is C18H21N3O3S. The summed E-state index contributed by atoms with van der Waals surface area (Å²) < 4.78 is 11.3. The SMILES string of the molecule is CCOc1cc(CNC(=O)c2cccnc2OC2CCSC2)ccn1. The fraction of sp³-hybridized carbons (Fsp3) is 0.389. The molecule has 1 aliphatic heterocycles. The summed E-state index contributed by atoms with van der Waals surface area (Å²) in [4.78, 5) is 20.9. The average Bonchev–Trinajstić information content (AvgIpc) is 3.14. The van der Waals surface area contributed by atoms with Gasteiger partial charge >= 0.3 is 0 Å². The lowest BCUT2D eigenvalue weighted by molar-refractivity contribution is 0.0943. The number of amides is 1. The van der Waals surface area contributed by atoms with Crippen LogP contribution in [0.1, 0.15) is 29.3 Å². The van der Waals surface area contributed by atoms with Crippen molar-refractivity contribution in [2.75, 3.05) is 18.1 Å². The number of hydrogen-bond donors (Lipinski definition) is 1. The number of carbonyl (C=O) groups excluding carboxylic acids is 1. The second-order valence-electron chi connectivity index (χ2n) is 5.58. The molecular weight excluding hydrogens is 338 g/mol. The Balaban J connectivity index is 1.64. The van der Waals surface area contributed by atoms with Crippen LogP contribution in [0, 0.1) is 0 Å². The van der Waals surface area contributed by atoms with Gasteiger partial charge in [0.1, 0.15) is 11.7 Å². The van der Waals surface area contributed by atoms with E-state index in [1.807, 2.05) is 30.8 Å². The molecule has 6 nitrogen and oxygen atoms in total. The van der Waals surface area contributed by atoms with Crippen LogP contribution in [0.3, 0.4) is 0 Å². The highest BCUT2D eigenvalue weighted by Gasteiger charge is 2.21. The summed E-state index contributed by atoms with van der Waals surface area (Å²) in [6.45, 7) is 2.84. The van der Waals surface area contributed by atoms with Gasteiger partial charge in [-0.05, 0) is 42.9 Å². The number of nitrogens with zero attached hydrogens (tertiary/aromatic N) is 2. The van der Waals surface area contributed by atoms with Gasteiger partial charge in [-0.15, -0.1) is 0 Å². The molecule has 1 N–H and O–H groups in total. The number of carbonyl (C=O) groups is 1. The molecule has 25 heavy (non-hydrogen) atoms. The minimum absolute atomic E-state index is 0.125. The number of aromatic nitrogens is 2. The van der Waals surface area contributed by atoms with E-state index in [2.05, 4.69) is 15.3 Å². The van der Waals surface area contributed by atoms with Crippen molar-refractivity contribution in [1.29, 1.82) is 0 Å². The van der Waals surface area contributed by atoms with Crippen LogP contribution in [0.2, 0.25) is 0 Å². The van der Waals surface area contributed by atoms with Gasteiger partial charge in [0.25, 0.3) is 5.91 Å². The number of pyridine rings is 2. The number of rotatable bonds is 7. The molecule has 1 saturated heterocycles. The van der Waals surface area contributed by atoms with E-state index >= 15 is 0 Å². The van der Waals surface area contributed by atoms with E-state index in [1.54, 1.807) is 24.5 Å². The highest BCUT2D eigenvalue weighted by atomic mass is 32.2. The largest absolute Gasteiger partial charge is 0.478 e. The van der Waals surface area contributed by atoms with Gasteiger partial charge in [0.05, 0.1) is 6.61 Å². The topological polar surface area (TPSA) is 73.3 Å². The van der Waals surface area contributed by atoms with Crippen LogP contribution in [0.4, 0.5) is 0 Å². The summed E-state index contributed by atoms with van der Waals surface area (Å²) in [6, 6.07) is 7.14. The van der Waals surface area contributed by atoms with E-state index in [0.717, 1.165) is 23.5 Å². The average molecular weight is 359 g/mol. The predicted octanol–water partition coefficient (Wildman–Crippen LogP) is 2.69. The summed E-state index contributed by atoms with van der Waals surface area (Å²) in [5.41, 5.74) is 1.38. The molecule has 1 amide bonds. The van der Waals surface area contributed by atoms with Crippen molar-refractivity contribution in [2.45, 2.75) is 26.0 Å². The van der Waals surface area contributed by atoms with Crippen LogP contribution in [-0.4, -0.2) is 40.1 Å². The lowest BCUT2D eigenvalue weighted by Gasteiger charge is -2.14. The van der Waals surface area contributed by atoms with Crippen LogP contribution in [0.15, 0.2) is 36.7 Å². The first-order chi connectivity index (χ1) is 12.3. The minimum atomic E-state index is -0.205. The van der Waals surface area contributed by atoms with Crippen LogP contribution < -0.4 is 14.8 Å². The molecule has 1 atom stereocenters. The summed E-state index contributed by atoms with van der Waals surface area (Å²) in [6.07, 6.45) is 4.42. The normalized spacial score (nSPS) is 16.4. The third kappa shape index (κ3) is 4.85. The molecule has 3 rings (SSSR count). The summed E-state index contributed by atoms with van der Waals surface area (Å²) in [7, 11) is 0. The van der Waals surface area contributed by atoms with Crippen molar-refractivity contribution >= 4 is 17.7 Å². The number of hydrogen-bond acceptors (Lipinski definition) is 6. The Kier molecular flexibility index (Phi) is 6.11. The van der Waals surface area contributed by atoms with Gasteiger partial charge in [0.2, 0.25) is 11.8 Å². The molecule has 0 saturated carbocycles. The van der Waals surface area contributed by atoms with E-state index in [1.165, 1.54) is 0 Å². The molecule has 1 unspecified atom stereocenters. The highest BCUT2D eigenvalue weighted by molar-refractivity contribution is 7.99. The van der Waals surface area contributed by atoms with Crippen molar-refractivity contribution in [3.8, 4) is 11.8 Å². The van der Waals surface area contributed by atoms with Crippen LogP contribution in [0.5, 0.6) is 11.8 Å².